The maximum Gasteiger partial charge on any atom is 0.416 e. The van der Waals surface area contributed by atoms with Gasteiger partial charge in [0.1, 0.15) is 0 Å². The third-order valence-corrected chi connectivity index (χ3v) is 8.03. The fourth-order valence-corrected chi connectivity index (χ4v) is 5.67. The van der Waals surface area contributed by atoms with Gasteiger partial charge in [-0.05, 0) is 47.9 Å². The van der Waals surface area contributed by atoms with Crippen molar-refractivity contribution in [3.05, 3.63) is 131 Å². The Kier molecular flexibility index (Phi) is 10.7. The van der Waals surface area contributed by atoms with E-state index in [1.807, 2.05) is 6.07 Å². The minimum absolute atomic E-state index is 0.0307. The smallest absolute Gasteiger partial charge is 0.390 e. The highest BCUT2D eigenvalue weighted by molar-refractivity contribution is 7.93. The van der Waals surface area contributed by atoms with E-state index in [0.717, 1.165) is 22.0 Å². The van der Waals surface area contributed by atoms with Crippen LogP contribution in [0.25, 0.3) is 0 Å². The number of aliphatic hydroxyl groups excluding tert-OH is 1. The summed E-state index contributed by atoms with van der Waals surface area (Å²) in [6, 6.07) is 24.8. The van der Waals surface area contributed by atoms with Crippen molar-refractivity contribution in [1.82, 2.24) is 10.6 Å². The van der Waals surface area contributed by atoms with E-state index in [9.17, 15) is 35.9 Å². The fraction of sp³-hybridized carbons (Fsp3) is 0.219. The molecule has 232 valence electrons. The Morgan fingerprint density at radius 2 is 1.45 bits per heavy atom. The number of hydrogen-bond acceptors (Lipinski definition) is 5. The topological polar surface area (TPSA) is 98.7 Å². The number of para-hydroxylation sites is 2. The van der Waals surface area contributed by atoms with Gasteiger partial charge in [0, 0.05) is 13.1 Å². The molecule has 0 fully saturated rings. The van der Waals surface area contributed by atoms with Gasteiger partial charge in [0.15, 0.2) is 0 Å². The lowest BCUT2D eigenvalue weighted by Gasteiger charge is -2.28. The van der Waals surface area contributed by atoms with Gasteiger partial charge in [0.05, 0.1) is 34.6 Å². The van der Waals surface area contributed by atoms with E-state index in [1.54, 1.807) is 42.5 Å². The number of anilines is 2. The molecule has 0 aliphatic heterocycles. The van der Waals surface area contributed by atoms with Crippen molar-refractivity contribution < 1.29 is 35.9 Å². The molecule has 2 atom stereocenters. The number of alkyl halides is 4. The Morgan fingerprint density at radius 1 is 0.841 bits per heavy atom. The van der Waals surface area contributed by atoms with Gasteiger partial charge in [-0.3, -0.25) is 4.79 Å². The summed E-state index contributed by atoms with van der Waals surface area (Å²) in [7, 11) is -4.51. The molecule has 4 rings (SSSR count). The molecule has 3 N–H and O–H groups in total. The lowest BCUT2D eigenvalue weighted by atomic mass is 10.00. The predicted octanol–water partition coefficient (Wildman–Crippen LogP) is 5.59. The van der Waals surface area contributed by atoms with E-state index < -0.39 is 45.8 Å². The van der Waals surface area contributed by atoms with Gasteiger partial charge < -0.3 is 15.7 Å². The number of nitrogens with zero attached hydrogens (tertiary/aromatic N) is 1. The number of halogens is 4. The van der Waals surface area contributed by atoms with Gasteiger partial charge in [-0.1, -0.05) is 78.9 Å². The molecule has 0 heterocycles. The molecule has 0 saturated carbocycles. The third kappa shape index (κ3) is 8.43. The first kappa shape index (κ1) is 32.6. The zero-order valence-corrected chi connectivity index (χ0v) is 24.2. The number of amides is 1. The van der Waals surface area contributed by atoms with Crippen LogP contribution in [0.4, 0.5) is 28.9 Å². The molecule has 0 unspecified atom stereocenters. The second-order valence-corrected chi connectivity index (χ2v) is 11.8. The molecular formula is C32H31F4N3O4S. The van der Waals surface area contributed by atoms with E-state index >= 15 is 0 Å². The van der Waals surface area contributed by atoms with Crippen molar-refractivity contribution in [2.45, 2.75) is 31.3 Å². The second kappa shape index (κ2) is 14.5. The van der Waals surface area contributed by atoms with Gasteiger partial charge in [0.25, 0.3) is 15.9 Å². The SMILES string of the molecule is O=C(N[C@@H](Cc1ccccc1)[C@H](O)CNCc1cccc(C(F)(F)F)c1)c1ccccc1N(c1ccccc1)S(=O)(=O)CF. The summed E-state index contributed by atoms with van der Waals surface area (Å²) < 4.78 is 79.6. The summed E-state index contributed by atoms with van der Waals surface area (Å²) in [5, 5.41) is 16.9. The number of carbonyl (C=O) groups excluding carboxylic acids is 1. The van der Waals surface area contributed by atoms with Crippen LogP contribution in [0.15, 0.2) is 109 Å². The standard InChI is InChI=1S/C32H31F4N3O4S/c33-22-44(42,43)39(26-14-5-2-6-15-26)29-17-8-7-16-27(29)31(41)38-28(19-23-10-3-1-4-11-23)30(40)21-37-20-24-12-9-13-25(18-24)32(34,35)36/h1-18,28,30,37,40H,19-22H2,(H,38,41)/t28-,30+/m0/s1. The summed E-state index contributed by atoms with van der Waals surface area (Å²) >= 11 is 0. The number of carbonyl (C=O) groups is 1. The lowest BCUT2D eigenvalue weighted by Crippen LogP contribution is -2.49. The Balaban J connectivity index is 1.57. The summed E-state index contributed by atoms with van der Waals surface area (Å²) in [6.07, 6.45) is -5.50. The average Bonchev–Trinajstić information content (AvgIpc) is 3.01. The molecule has 0 aliphatic carbocycles. The van der Waals surface area contributed by atoms with Crippen LogP contribution < -0.4 is 14.9 Å². The Bertz CT molecular complexity index is 1640. The molecule has 0 saturated heterocycles. The predicted molar refractivity (Wildman–Crippen MR) is 160 cm³/mol. The first-order valence-corrected chi connectivity index (χ1v) is 15.2. The van der Waals surface area contributed by atoms with Crippen LogP contribution in [0.1, 0.15) is 27.0 Å². The second-order valence-electron chi connectivity index (χ2n) is 10.0. The number of hydrogen-bond donors (Lipinski definition) is 3. The minimum Gasteiger partial charge on any atom is -0.390 e. The van der Waals surface area contributed by atoms with Crippen molar-refractivity contribution in [1.29, 1.82) is 0 Å². The summed E-state index contributed by atoms with van der Waals surface area (Å²) in [5.74, 6) is -0.714. The van der Waals surface area contributed by atoms with Gasteiger partial charge in [-0.15, -0.1) is 0 Å². The molecule has 7 nitrogen and oxygen atoms in total. The van der Waals surface area contributed by atoms with Gasteiger partial charge in [-0.2, -0.15) is 13.2 Å². The Hall–Kier alpha value is -4.26. The minimum atomic E-state index is -4.51. The normalized spacial score (nSPS) is 13.2. The summed E-state index contributed by atoms with van der Waals surface area (Å²) in [6.45, 7) is -0.0506. The molecule has 4 aromatic rings. The van der Waals surface area contributed by atoms with Crippen LogP contribution >= 0.6 is 0 Å². The van der Waals surface area contributed by atoms with Crippen molar-refractivity contribution in [2.24, 2.45) is 0 Å². The molecule has 0 aliphatic rings. The van der Waals surface area contributed by atoms with E-state index in [0.29, 0.717) is 5.56 Å². The molecule has 0 spiro atoms. The summed E-state index contributed by atoms with van der Waals surface area (Å²) in [5.41, 5.74) is 0.336. The molecule has 4 aromatic carbocycles. The van der Waals surface area contributed by atoms with Crippen molar-refractivity contribution in [3.63, 3.8) is 0 Å². The molecular weight excluding hydrogens is 598 g/mol. The van der Waals surface area contributed by atoms with E-state index in [2.05, 4.69) is 10.6 Å². The first-order valence-electron chi connectivity index (χ1n) is 13.6. The van der Waals surface area contributed by atoms with Crippen LogP contribution in [-0.4, -0.2) is 44.1 Å². The van der Waals surface area contributed by atoms with Gasteiger partial charge >= 0.3 is 6.18 Å². The van der Waals surface area contributed by atoms with Crippen molar-refractivity contribution in [3.8, 4) is 0 Å². The van der Waals surface area contributed by atoms with Crippen LogP contribution in [-0.2, 0) is 29.2 Å². The molecule has 12 heteroatoms. The Labute approximate surface area is 253 Å². The zero-order valence-electron chi connectivity index (χ0n) is 23.4. The number of rotatable bonds is 13. The Morgan fingerprint density at radius 3 is 2.11 bits per heavy atom. The number of benzene rings is 4. The van der Waals surface area contributed by atoms with E-state index in [-0.39, 0.29) is 36.4 Å². The fourth-order valence-electron chi connectivity index (χ4n) is 4.67. The maximum atomic E-state index is 13.8. The maximum absolute atomic E-state index is 13.8. The number of sulfonamides is 1. The third-order valence-electron chi connectivity index (χ3n) is 6.79. The quantitative estimate of drug-likeness (QED) is 0.168. The number of aliphatic hydroxyl groups is 1. The molecule has 44 heavy (non-hydrogen) atoms. The van der Waals surface area contributed by atoms with Gasteiger partial charge in [0.2, 0.25) is 6.01 Å². The first-order chi connectivity index (χ1) is 21.0. The van der Waals surface area contributed by atoms with Crippen LogP contribution in [0.2, 0.25) is 0 Å². The van der Waals surface area contributed by atoms with Crippen molar-refractivity contribution in [2.75, 3.05) is 16.9 Å². The van der Waals surface area contributed by atoms with Crippen LogP contribution in [0.5, 0.6) is 0 Å². The van der Waals surface area contributed by atoms with Crippen LogP contribution in [0, 0.1) is 0 Å². The summed E-state index contributed by atoms with van der Waals surface area (Å²) in [4.78, 5) is 13.7. The average molecular weight is 630 g/mol. The lowest BCUT2D eigenvalue weighted by molar-refractivity contribution is -0.137. The largest absolute Gasteiger partial charge is 0.416 e. The highest BCUT2D eigenvalue weighted by Crippen LogP contribution is 2.32. The molecule has 0 radical (unpaired) electrons. The van der Waals surface area contributed by atoms with Crippen LogP contribution in [0.3, 0.4) is 0 Å². The highest BCUT2D eigenvalue weighted by Gasteiger charge is 2.31. The zero-order chi connectivity index (χ0) is 31.7. The monoisotopic (exact) mass is 629 g/mol. The molecule has 0 bridgehead atoms. The van der Waals surface area contributed by atoms with E-state index in [4.69, 9.17) is 0 Å². The number of nitrogens with one attached hydrogen (secondary N) is 2. The molecule has 0 aromatic heterocycles. The van der Waals surface area contributed by atoms with Gasteiger partial charge in [-0.25, -0.2) is 17.1 Å². The highest BCUT2D eigenvalue weighted by atomic mass is 32.2. The molecule has 1 amide bonds. The van der Waals surface area contributed by atoms with E-state index in [1.165, 1.54) is 48.5 Å². The van der Waals surface area contributed by atoms with Crippen molar-refractivity contribution >= 4 is 27.3 Å².